The molecule has 0 spiro atoms. The molecule has 17 heavy (non-hydrogen) atoms. The highest BCUT2D eigenvalue weighted by Crippen LogP contribution is 2.21. The molecule has 0 saturated heterocycles. The second-order valence-corrected chi connectivity index (χ2v) is 5.11. The number of alkyl halides is 1. The van der Waals surface area contributed by atoms with Gasteiger partial charge in [0.2, 0.25) is 5.91 Å². The number of halogens is 2. The van der Waals surface area contributed by atoms with Crippen molar-refractivity contribution in [1.82, 2.24) is 5.32 Å². The summed E-state index contributed by atoms with van der Waals surface area (Å²) in [6.07, 6.45) is 0. The van der Waals surface area contributed by atoms with Crippen LogP contribution < -0.4 is 10.1 Å². The van der Waals surface area contributed by atoms with Gasteiger partial charge in [0.05, 0.1) is 18.0 Å². The molecular weight excluding hydrogens is 289 g/mol. The molecule has 0 fully saturated rings. The van der Waals surface area contributed by atoms with E-state index in [1.165, 1.54) is 13.2 Å². The number of ether oxygens (including phenoxy) is 1. The number of methoxy groups -OCH3 is 1. The van der Waals surface area contributed by atoms with Crippen LogP contribution in [0.5, 0.6) is 5.75 Å². The molecule has 3 nitrogen and oxygen atoms in total. The molecule has 0 saturated carbocycles. The van der Waals surface area contributed by atoms with Gasteiger partial charge in [0.25, 0.3) is 0 Å². The van der Waals surface area contributed by atoms with Gasteiger partial charge in [0.15, 0.2) is 11.6 Å². The molecule has 0 radical (unpaired) electrons. The number of carbonyl (C=O) groups is 1. The molecule has 0 bridgehead atoms. The third kappa shape index (κ3) is 3.70. The first-order valence-corrected chi connectivity index (χ1v) is 6.15. The normalized spacial score (nSPS) is 13.9. The minimum absolute atomic E-state index is 0.131. The van der Waals surface area contributed by atoms with E-state index in [1.807, 2.05) is 0 Å². The molecule has 2 unspecified atom stereocenters. The lowest BCUT2D eigenvalue weighted by Gasteiger charge is -2.16. The van der Waals surface area contributed by atoms with Crippen LogP contribution in [0.3, 0.4) is 0 Å². The van der Waals surface area contributed by atoms with Crippen LogP contribution >= 0.6 is 15.9 Å². The van der Waals surface area contributed by atoms with Crippen molar-refractivity contribution in [3.05, 3.63) is 29.6 Å². The summed E-state index contributed by atoms with van der Waals surface area (Å²) in [4.78, 5) is 11.2. The first-order valence-electron chi connectivity index (χ1n) is 5.23. The summed E-state index contributed by atoms with van der Waals surface area (Å²) in [5, 5.41) is 2.77. The maximum atomic E-state index is 13.5. The predicted molar refractivity (Wildman–Crippen MR) is 67.9 cm³/mol. The number of amides is 1. The van der Waals surface area contributed by atoms with Crippen LogP contribution in [-0.4, -0.2) is 17.8 Å². The van der Waals surface area contributed by atoms with Gasteiger partial charge in [-0.25, -0.2) is 4.39 Å². The third-order valence-corrected chi connectivity index (χ3v) is 2.81. The average Bonchev–Trinajstić information content (AvgIpc) is 2.28. The van der Waals surface area contributed by atoms with Crippen LogP contribution in [0, 0.1) is 5.82 Å². The van der Waals surface area contributed by atoms with Gasteiger partial charge in [-0.05, 0) is 31.5 Å². The summed E-state index contributed by atoms with van der Waals surface area (Å²) in [6.45, 7) is 3.53. The number of hydrogen-bond acceptors (Lipinski definition) is 2. The molecule has 1 N–H and O–H groups in total. The van der Waals surface area contributed by atoms with Crippen molar-refractivity contribution < 1.29 is 13.9 Å². The van der Waals surface area contributed by atoms with Crippen molar-refractivity contribution in [2.75, 3.05) is 7.11 Å². The molecule has 2 atom stereocenters. The molecule has 0 aromatic heterocycles. The molecule has 5 heteroatoms. The largest absolute Gasteiger partial charge is 0.494 e. The van der Waals surface area contributed by atoms with Crippen LogP contribution in [0.25, 0.3) is 0 Å². The topological polar surface area (TPSA) is 38.3 Å². The molecule has 1 rings (SSSR count). The highest BCUT2D eigenvalue weighted by molar-refractivity contribution is 9.10. The SMILES string of the molecule is COc1ccc(C(C)NC(=O)C(C)Br)cc1F. The minimum Gasteiger partial charge on any atom is -0.494 e. The zero-order chi connectivity index (χ0) is 13.0. The highest BCUT2D eigenvalue weighted by atomic mass is 79.9. The summed E-state index contributed by atoms with van der Waals surface area (Å²) in [7, 11) is 1.41. The minimum atomic E-state index is -0.432. The van der Waals surface area contributed by atoms with E-state index in [2.05, 4.69) is 21.2 Å². The van der Waals surface area contributed by atoms with Gasteiger partial charge in [0, 0.05) is 0 Å². The lowest BCUT2D eigenvalue weighted by Crippen LogP contribution is -2.31. The maximum Gasteiger partial charge on any atom is 0.233 e. The fourth-order valence-electron chi connectivity index (χ4n) is 1.36. The number of rotatable bonds is 4. The fourth-order valence-corrected chi connectivity index (χ4v) is 1.50. The number of nitrogens with one attached hydrogen (secondary N) is 1. The second-order valence-electron chi connectivity index (χ2n) is 3.74. The predicted octanol–water partition coefficient (Wildman–Crippen LogP) is 2.79. The monoisotopic (exact) mass is 303 g/mol. The van der Waals surface area contributed by atoms with Crippen molar-refractivity contribution in [3.8, 4) is 5.75 Å². The second kappa shape index (κ2) is 6.00. The van der Waals surface area contributed by atoms with E-state index in [0.717, 1.165) is 0 Å². The van der Waals surface area contributed by atoms with E-state index in [4.69, 9.17) is 4.74 Å². The molecule has 1 aromatic rings. The molecule has 1 amide bonds. The smallest absolute Gasteiger partial charge is 0.233 e. The van der Waals surface area contributed by atoms with Crippen LogP contribution in [-0.2, 0) is 4.79 Å². The average molecular weight is 304 g/mol. The van der Waals surface area contributed by atoms with E-state index in [9.17, 15) is 9.18 Å². The van der Waals surface area contributed by atoms with Gasteiger partial charge in [-0.3, -0.25) is 4.79 Å². The van der Waals surface area contributed by atoms with Crippen molar-refractivity contribution in [1.29, 1.82) is 0 Å². The van der Waals surface area contributed by atoms with Crippen molar-refractivity contribution in [3.63, 3.8) is 0 Å². The lowest BCUT2D eigenvalue weighted by atomic mass is 10.1. The molecule has 94 valence electrons. The van der Waals surface area contributed by atoms with Gasteiger partial charge in [-0.1, -0.05) is 22.0 Å². The summed E-state index contributed by atoms with van der Waals surface area (Å²) < 4.78 is 18.3. The van der Waals surface area contributed by atoms with Crippen molar-refractivity contribution in [2.45, 2.75) is 24.7 Å². The van der Waals surface area contributed by atoms with E-state index >= 15 is 0 Å². The first kappa shape index (κ1) is 14.0. The molecule has 0 aliphatic carbocycles. The van der Waals surface area contributed by atoms with Crippen LogP contribution in [0.2, 0.25) is 0 Å². The van der Waals surface area contributed by atoms with Gasteiger partial charge in [-0.2, -0.15) is 0 Å². The summed E-state index contributed by atoms with van der Waals surface area (Å²) in [5.74, 6) is -0.368. The molecule has 0 aliphatic rings. The van der Waals surface area contributed by atoms with Gasteiger partial charge in [-0.15, -0.1) is 0 Å². The Bertz CT molecular complexity index is 409. The molecule has 0 heterocycles. The quantitative estimate of drug-likeness (QED) is 0.869. The van der Waals surface area contributed by atoms with Gasteiger partial charge in [0.1, 0.15) is 0 Å². The first-order chi connectivity index (χ1) is 7.95. The number of hydrogen-bond donors (Lipinski definition) is 1. The zero-order valence-electron chi connectivity index (χ0n) is 9.96. The number of carbonyl (C=O) groups excluding carboxylic acids is 1. The Morgan fingerprint density at radius 1 is 1.47 bits per heavy atom. The Morgan fingerprint density at radius 3 is 2.59 bits per heavy atom. The summed E-state index contributed by atoms with van der Waals surface area (Å²) in [6, 6.07) is 4.39. The van der Waals surface area contributed by atoms with Crippen molar-refractivity contribution >= 4 is 21.8 Å². The van der Waals surface area contributed by atoms with Crippen LogP contribution in [0.4, 0.5) is 4.39 Å². The van der Waals surface area contributed by atoms with E-state index in [0.29, 0.717) is 5.56 Å². The fraction of sp³-hybridized carbons (Fsp3) is 0.417. The van der Waals surface area contributed by atoms with Crippen LogP contribution in [0.15, 0.2) is 18.2 Å². The molecular formula is C12H15BrFNO2. The van der Waals surface area contributed by atoms with Crippen LogP contribution in [0.1, 0.15) is 25.5 Å². The Labute approximate surface area is 108 Å². The number of benzene rings is 1. The highest BCUT2D eigenvalue weighted by Gasteiger charge is 2.14. The maximum absolute atomic E-state index is 13.5. The van der Waals surface area contributed by atoms with E-state index in [1.54, 1.807) is 26.0 Å². The van der Waals surface area contributed by atoms with E-state index < -0.39 is 5.82 Å². The third-order valence-electron chi connectivity index (χ3n) is 2.40. The Kier molecular flexibility index (Phi) is 4.93. The van der Waals surface area contributed by atoms with Gasteiger partial charge >= 0.3 is 0 Å². The summed E-state index contributed by atoms with van der Waals surface area (Å²) >= 11 is 3.17. The zero-order valence-corrected chi connectivity index (χ0v) is 11.5. The lowest BCUT2D eigenvalue weighted by molar-refractivity contribution is -0.120. The van der Waals surface area contributed by atoms with E-state index in [-0.39, 0.29) is 22.5 Å². The summed E-state index contributed by atoms with van der Waals surface area (Å²) in [5.41, 5.74) is 0.699. The molecule has 1 aromatic carbocycles. The Hall–Kier alpha value is -1.10. The Morgan fingerprint density at radius 2 is 2.12 bits per heavy atom. The Balaban J connectivity index is 2.79. The standard InChI is InChI=1S/C12H15BrFNO2/c1-7(13)12(16)15-8(2)9-4-5-11(17-3)10(14)6-9/h4-8H,1-3H3,(H,15,16). The van der Waals surface area contributed by atoms with Gasteiger partial charge < -0.3 is 10.1 Å². The molecule has 0 aliphatic heterocycles. The van der Waals surface area contributed by atoms with Crippen molar-refractivity contribution in [2.24, 2.45) is 0 Å².